The van der Waals surface area contributed by atoms with E-state index in [1.807, 2.05) is 0 Å². The molecule has 3 N–H and O–H groups in total. The molecule has 0 aliphatic heterocycles. The summed E-state index contributed by atoms with van der Waals surface area (Å²) in [6.07, 6.45) is 2.53. The number of aliphatic hydroxyl groups is 3. The molecule has 33 heavy (non-hydrogen) atoms. The Morgan fingerprint density at radius 1 is 0.636 bits per heavy atom. The van der Waals surface area contributed by atoms with Crippen LogP contribution in [0.2, 0.25) is 0 Å². The van der Waals surface area contributed by atoms with Crippen molar-refractivity contribution in [3.05, 3.63) is 38.0 Å². The molecule has 0 aromatic heterocycles. The monoisotopic (exact) mass is 476 g/mol. The predicted molar refractivity (Wildman–Crippen MR) is 113 cm³/mol. The summed E-state index contributed by atoms with van der Waals surface area (Å²) in [7, 11) is 0. The van der Waals surface area contributed by atoms with Gasteiger partial charge in [0.15, 0.2) is 5.60 Å². The van der Waals surface area contributed by atoms with Gasteiger partial charge in [-0.2, -0.15) is 0 Å². The van der Waals surface area contributed by atoms with Crippen molar-refractivity contribution >= 4 is 17.9 Å². The van der Waals surface area contributed by atoms with Crippen molar-refractivity contribution in [3.8, 4) is 0 Å². The van der Waals surface area contributed by atoms with E-state index < -0.39 is 49.1 Å². The lowest BCUT2D eigenvalue weighted by Crippen LogP contribution is -2.65. The van der Waals surface area contributed by atoms with Crippen LogP contribution in [0.1, 0.15) is 6.42 Å². The molecule has 0 fully saturated rings. The highest BCUT2D eigenvalue weighted by Crippen LogP contribution is 2.35. The molecule has 0 heterocycles. The molecule has 0 radical (unpaired) electrons. The molecular formula is C21H32O12. The first-order valence-corrected chi connectivity index (χ1v) is 9.92. The highest BCUT2D eigenvalue weighted by molar-refractivity contribution is 5.81. The van der Waals surface area contributed by atoms with E-state index in [1.165, 1.54) is 0 Å². The number of hydrogen-bond donors (Lipinski definition) is 3. The minimum Gasteiger partial charge on any atom is -0.460 e. The van der Waals surface area contributed by atoms with Gasteiger partial charge in [-0.15, -0.1) is 0 Å². The smallest absolute Gasteiger partial charge is 0.330 e. The molecule has 0 saturated carbocycles. The Bertz CT molecular complexity index is 613. The Morgan fingerprint density at radius 2 is 1.00 bits per heavy atom. The maximum absolute atomic E-state index is 11.3. The maximum Gasteiger partial charge on any atom is 0.330 e. The fraction of sp³-hybridized carbons (Fsp3) is 0.571. The van der Waals surface area contributed by atoms with Gasteiger partial charge in [-0.1, -0.05) is 19.7 Å². The summed E-state index contributed by atoms with van der Waals surface area (Å²) in [4.78, 5) is 33.7. The SMILES string of the molecule is C=CC(=O)OCCOC(CO)(CO)C(CCO)(OCCOC(=O)C=C)OCCOC(=O)C=C. The van der Waals surface area contributed by atoms with E-state index in [2.05, 4.69) is 19.7 Å². The second-order valence-corrected chi connectivity index (χ2v) is 6.20. The van der Waals surface area contributed by atoms with Gasteiger partial charge < -0.3 is 43.7 Å². The maximum atomic E-state index is 11.3. The molecule has 0 aliphatic carbocycles. The number of rotatable bonds is 20. The van der Waals surface area contributed by atoms with E-state index in [-0.39, 0.29) is 46.1 Å². The summed E-state index contributed by atoms with van der Waals surface area (Å²) >= 11 is 0. The van der Waals surface area contributed by atoms with Gasteiger partial charge in [0.05, 0.1) is 33.0 Å². The lowest BCUT2D eigenvalue weighted by Gasteiger charge is -2.47. The summed E-state index contributed by atoms with van der Waals surface area (Å²) in [6, 6.07) is 0. The van der Waals surface area contributed by atoms with Crippen LogP contribution in [0, 0.1) is 0 Å². The van der Waals surface area contributed by atoms with Crippen molar-refractivity contribution in [1.29, 1.82) is 0 Å². The Balaban J connectivity index is 5.64. The number of esters is 3. The Kier molecular flexibility index (Phi) is 15.6. The normalized spacial score (nSPS) is 11.4. The fourth-order valence-electron chi connectivity index (χ4n) is 2.57. The van der Waals surface area contributed by atoms with Gasteiger partial charge in [0.1, 0.15) is 19.8 Å². The van der Waals surface area contributed by atoms with Crippen LogP contribution < -0.4 is 0 Å². The third-order valence-electron chi connectivity index (χ3n) is 4.18. The summed E-state index contributed by atoms with van der Waals surface area (Å²) < 4.78 is 31.6. The lowest BCUT2D eigenvalue weighted by atomic mass is 9.90. The molecule has 0 unspecified atom stereocenters. The van der Waals surface area contributed by atoms with Crippen LogP contribution in [-0.4, -0.2) is 104 Å². The van der Waals surface area contributed by atoms with Crippen molar-refractivity contribution in [2.75, 3.05) is 59.5 Å². The van der Waals surface area contributed by atoms with Gasteiger partial charge in [-0.25, -0.2) is 14.4 Å². The highest BCUT2D eigenvalue weighted by Gasteiger charge is 2.55. The largest absolute Gasteiger partial charge is 0.460 e. The van der Waals surface area contributed by atoms with Crippen LogP contribution in [0.25, 0.3) is 0 Å². The van der Waals surface area contributed by atoms with Crippen LogP contribution >= 0.6 is 0 Å². The topological polar surface area (TPSA) is 167 Å². The van der Waals surface area contributed by atoms with Crippen molar-refractivity contribution in [3.63, 3.8) is 0 Å². The van der Waals surface area contributed by atoms with Gasteiger partial charge in [-0.05, 0) is 0 Å². The fourth-order valence-corrected chi connectivity index (χ4v) is 2.57. The zero-order valence-corrected chi connectivity index (χ0v) is 18.4. The Labute approximate surface area is 192 Å². The van der Waals surface area contributed by atoms with Crippen molar-refractivity contribution in [1.82, 2.24) is 0 Å². The molecule has 0 rings (SSSR count). The molecule has 0 aromatic carbocycles. The summed E-state index contributed by atoms with van der Waals surface area (Å²) in [5, 5.41) is 29.9. The highest BCUT2D eigenvalue weighted by atomic mass is 16.7. The first kappa shape index (κ1) is 30.4. The third-order valence-corrected chi connectivity index (χ3v) is 4.18. The summed E-state index contributed by atoms with van der Waals surface area (Å²) in [6.45, 7) is 5.92. The Hall–Kier alpha value is -2.61. The number of hydrogen-bond acceptors (Lipinski definition) is 12. The molecule has 0 aromatic rings. The minimum absolute atomic E-state index is 0.253. The van der Waals surface area contributed by atoms with Gasteiger partial charge in [-0.3, -0.25) is 0 Å². The molecule has 12 nitrogen and oxygen atoms in total. The van der Waals surface area contributed by atoms with E-state index in [1.54, 1.807) is 0 Å². The quantitative estimate of drug-likeness (QED) is 0.0647. The summed E-state index contributed by atoms with van der Waals surface area (Å²) in [5.41, 5.74) is -1.97. The Morgan fingerprint density at radius 3 is 1.30 bits per heavy atom. The van der Waals surface area contributed by atoms with E-state index >= 15 is 0 Å². The second kappa shape index (κ2) is 16.9. The second-order valence-electron chi connectivity index (χ2n) is 6.20. The van der Waals surface area contributed by atoms with Gasteiger partial charge in [0.2, 0.25) is 5.79 Å². The van der Waals surface area contributed by atoms with Crippen LogP contribution in [0.3, 0.4) is 0 Å². The molecular weight excluding hydrogens is 444 g/mol. The van der Waals surface area contributed by atoms with E-state index in [0.29, 0.717) is 0 Å². The van der Waals surface area contributed by atoms with Gasteiger partial charge in [0.25, 0.3) is 0 Å². The molecule has 12 heteroatoms. The molecule has 0 spiro atoms. The molecule has 0 aliphatic rings. The first-order valence-electron chi connectivity index (χ1n) is 9.92. The first-order chi connectivity index (χ1) is 15.8. The predicted octanol–water partition coefficient (Wildman–Crippen LogP) is -0.974. The van der Waals surface area contributed by atoms with Crippen LogP contribution in [0.15, 0.2) is 38.0 Å². The van der Waals surface area contributed by atoms with Crippen molar-refractivity contribution in [2.24, 2.45) is 0 Å². The number of carbonyl (C=O) groups excluding carboxylic acids is 3. The molecule has 0 bridgehead atoms. The van der Waals surface area contributed by atoms with Crippen molar-refractivity contribution < 1.29 is 58.1 Å². The van der Waals surface area contributed by atoms with Gasteiger partial charge in [0, 0.05) is 31.3 Å². The van der Waals surface area contributed by atoms with Crippen LogP contribution in [0.4, 0.5) is 0 Å². The zero-order valence-electron chi connectivity index (χ0n) is 18.4. The van der Waals surface area contributed by atoms with E-state index in [9.17, 15) is 29.7 Å². The lowest BCUT2D eigenvalue weighted by molar-refractivity contribution is -0.354. The molecule has 188 valence electrons. The number of ether oxygens (including phenoxy) is 6. The summed E-state index contributed by atoms with van der Waals surface area (Å²) in [5.74, 6) is -4.12. The minimum atomic E-state index is -1.99. The average molecular weight is 476 g/mol. The van der Waals surface area contributed by atoms with Crippen LogP contribution in [0.5, 0.6) is 0 Å². The molecule has 0 atom stereocenters. The van der Waals surface area contributed by atoms with Crippen molar-refractivity contribution in [2.45, 2.75) is 17.8 Å². The van der Waals surface area contributed by atoms with E-state index in [4.69, 9.17) is 28.4 Å². The van der Waals surface area contributed by atoms with Gasteiger partial charge >= 0.3 is 17.9 Å². The average Bonchev–Trinajstić information content (AvgIpc) is 2.84. The standard InChI is InChI=1S/C21H32O12/c1-4-17(25)28-9-12-31-20(15-23,16-24)21(7-8-22,32-13-10-29-18(26)5-2)33-14-11-30-19(27)6-3/h4-6,22-24H,1-3,7-16H2. The molecule has 0 saturated heterocycles. The van der Waals surface area contributed by atoms with E-state index in [0.717, 1.165) is 18.2 Å². The number of carbonyl (C=O) groups is 3. The van der Waals surface area contributed by atoms with Crippen LogP contribution in [-0.2, 0) is 42.8 Å². The molecule has 0 amide bonds. The third kappa shape index (κ3) is 10.2. The zero-order chi connectivity index (χ0) is 25.2. The number of aliphatic hydroxyl groups excluding tert-OH is 3.